The lowest BCUT2D eigenvalue weighted by atomic mass is 10.1. The maximum Gasteiger partial charge on any atom is 0.308 e. The van der Waals surface area contributed by atoms with E-state index in [1.165, 1.54) is 31.2 Å². The minimum atomic E-state index is -3.64. The molecule has 0 saturated heterocycles. The first-order valence-corrected chi connectivity index (χ1v) is 10.8. The highest BCUT2D eigenvalue weighted by molar-refractivity contribution is 7.87. The Morgan fingerprint density at radius 1 is 1.17 bits per heavy atom. The molecular weight excluding hydrogens is 396 g/mol. The van der Waals surface area contributed by atoms with Gasteiger partial charge in [-0.3, -0.25) is 14.9 Å². The van der Waals surface area contributed by atoms with Crippen LogP contribution in [0.2, 0.25) is 0 Å². The van der Waals surface area contributed by atoms with E-state index in [-0.39, 0.29) is 35.7 Å². The molecule has 2 aromatic rings. The number of hydrogen-bond acceptors (Lipinski definition) is 6. The summed E-state index contributed by atoms with van der Waals surface area (Å²) < 4.78 is 28.4. The number of hydrogen-bond donors (Lipinski definition) is 0. The highest BCUT2D eigenvalue weighted by Gasteiger charge is 2.22. The lowest BCUT2D eigenvalue weighted by Gasteiger charge is -2.29. The Labute approximate surface area is 170 Å². The largest absolute Gasteiger partial charge is 0.382 e. The van der Waals surface area contributed by atoms with Crippen molar-refractivity contribution in [3.63, 3.8) is 0 Å². The van der Waals surface area contributed by atoms with Crippen LogP contribution in [0, 0.1) is 10.1 Å². The quantitative estimate of drug-likeness (QED) is 0.347. The van der Waals surface area contributed by atoms with E-state index in [4.69, 9.17) is 4.18 Å². The van der Waals surface area contributed by atoms with E-state index >= 15 is 0 Å². The number of non-ortho nitro benzene ring substituents is 1. The van der Waals surface area contributed by atoms with Crippen LogP contribution in [0.5, 0.6) is 5.75 Å². The average Bonchev–Trinajstić information content (AvgIpc) is 2.71. The van der Waals surface area contributed by atoms with E-state index in [0.29, 0.717) is 17.5 Å². The Balaban J connectivity index is 2.27. The number of amides is 1. The molecular formula is C20H24N2O6S. The Bertz CT molecular complexity index is 973. The molecule has 2 aromatic carbocycles. The van der Waals surface area contributed by atoms with E-state index in [0.717, 1.165) is 0 Å². The molecule has 8 nitrogen and oxygen atoms in total. The second kappa shape index (κ2) is 9.51. The van der Waals surface area contributed by atoms with Crippen molar-refractivity contribution < 1.29 is 22.3 Å². The molecule has 0 aliphatic heterocycles. The molecule has 0 heterocycles. The highest BCUT2D eigenvalue weighted by atomic mass is 32.2. The maximum absolute atomic E-state index is 13.0. The lowest BCUT2D eigenvalue weighted by Crippen LogP contribution is -2.37. The van der Waals surface area contributed by atoms with Crippen molar-refractivity contribution in [1.82, 2.24) is 4.90 Å². The average molecular weight is 420 g/mol. The van der Waals surface area contributed by atoms with Crippen LogP contribution in [-0.2, 0) is 16.7 Å². The van der Waals surface area contributed by atoms with E-state index in [9.17, 15) is 23.3 Å². The van der Waals surface area contributed by atoms with Gasteiger partial charge in [-0.15, -0.1) is 0 Å². The molecule has 0 N–H and O–H groups in total. The molecule has 2 rings (SSSR count). The number of nitrogens with zero attached hydrogens (tertiary/aromatic N) is 2. The number of nitro groups is 1. The summed E-state index contributed by atoms with van der Waals surface area (Å²) in [6.07, 6.45) is 0.707. The molecule has 29 heavy (non-hydrogen) atoms. The molecule has 0 aliphatic rings. The van der Waals surface area contributed by atoms with Crippen molar-refractivity contribution in [2.24, 2.45) is 0 Å². The summed E-state index contributed by atoms with van der Waals surface area (Å²) in [5.41, 5.74) is 0.972. The number of rotatable bonds is 9. The van der Waals surface area contributed by atoms with E-state index in [1.807, 2.05) is 13.8 Å². The number of carbonyl (C=O) groups is 1. The first-order valence-electron chi connectivity index (χ1n) is 9.23. The normalized spacial score (nSPS) is 12.2. The van der Waals surface area contributed by atoms with Gasteiger partial charge in [0.05, 0.1) is 10.7 Å². The second-order valence-corrected chi connectivity index (χ2v) is 8.43. The molecule has 0 unspecified atom stereocenters. The fraction of sp³-hybridized carbons (Fsp3) is 0.350. The van der Waals surface area contributed by atoms with Gasteiger partial charge in [-0.2, -0.15) is 8.42 Å². The molecule has 0 aromatic heterocycles. The maximum atomic E-state index is 13.0. The minimum absolute atomic E-state index is 0.0846. The Morgan fingerprint density at radius 3 is 2.38 bits per heavy atom. The topological polar surface area (TPSA) is 107 Å². The van der Waals surface area contributed by atoms with Crippen LogP contribution >= 0.6 is 0 Å². The second-order valence-electron chi connectivity index (χ2n) is 6.57. The number of carbonyl (C=O) groups excluding carboxylic acids is 1. The standard InChI is InChI=1S/C20H24N2O6S/c1-4-15(3)21(20(23)17-9-11-18(12-10-17)22(24)25)14-16-7-6-8-19(13-16)28-29(26,27)5-2/h6-13,15H,4-5,14H2,1-3H3/t15-/m0/s1. The van der Waals surface area contributed by atoms with Gasteiger partial charge in [-0.25, -0.2) is 0 Å². The van der Waals surface area contributed by atoms with Crippen molar-refractivity contribution in [3.8, 4) is 5.75 Å². The third-order valence-electron chi connectivity index (χ3n) is 4.54. The van der Waals surface area contributed by atoms with Crippen molar-refractivity contribution in [1.29, 1.82) is 0 Å². The van der Waals surface area contributed by atoms with Gasteiger partial charge < -0.3 is 9.08 Å². The molecule has 0 aliphatic carbocycles. The summed E-state index contributed by atoms with van der Waals surface area (Å²) in [5, 5.41) is 10.8. The zero-order chi connectivity index (χ0) is 21.6. The molecule has 156 valence electrons. The first-order chi connectivity index (χ1) is 13.7. The van der Waals surface area contributed by atoms with Gasteiger partial charge in [0.15, 0.2) is 0 Å². The van der Waals surface area contributed by atoms with E-state index < -0.39 is 15.0 Å². The molecule has 0 fully saturated rings. The fourth-order valence-electron chi connectivity index (χ4n) is 2.64. The zero-order valence-electron chi connectivity index (χ0n) is 16.6. The van der Waals surface area contributed by atoms with Crippen LogP contribution in [0.25, 0.3) is 0 Å². The monoisotopic (exact) mass is 420 g/mol. The van der Waals surface area contributed by atoms with Crippen LogP contribution < -0.4 is 4.18 Å². The van der Waals surface area contributed by atoms with Crippen LogP contribution in [-0.4, -0.2) is 35.9 Å². The Morgan fingerprint density at radius 2 is 1.83 bits per heavy atom. The van der Waals surface area contributed by atoms with Crippen molar-refractivity contribution in [2.75, 3.05) is 5.75 Å². The zero-order valence-corrected chi connectivity index (χ0v) is 17.4. The van der Waals surface area contributed by atoms with Crippen molar-refractivity contribution in [2.45, 2.75) is 39.8 Å². The first kappa shape index (κ1) is 22.4. The Hall–Kier alpha value is -2.94. The van der Waals surface area contributed by atoms with Crippen molar-refractivity contribution in [3.05, 3.63) is 69.8 Å². The van der Waals surface area contributed by atoms with Gasteiger partial charge in [-0.1, -0.05) is 19.1 Å². The Kier molecular flexibility index (Phi) is 7.33. The number of nitro benzene ring substituents is 1. The van der Waals surface area contributed by atoms with E-state index in [1.54, 1.807) is 29.2 Å². The van der Waals surface area contributed by atoms with Gasteiger partial charge in [-0.05, 0) is 50.1 Å². The predicted octanol–water partition coefficient (Wildman–Crippen LogP) is 3.76. The molecule has 1 atom stereocenters. The molecule has 0 radical (unpaired) electrons. The predicted molar refractivity (Wildman–Crippen MR) is 109 cm³/mol. The third-order valence-corrected chi connectivity index (χ3v) is 5.69. The molecule has 1 amide bonds. The molecule has 9 heteroatoms. The number of benzene rings is 2. The summed E-state index contributed by atoms with van der Waals surface area (Å²) >= 11 is 0. The summed E-state index contributed by atoms with van der Waals surface area (Å²) in [4.78, 5) is 25.0. The SMILES string of the molecule is CC[C@H](C)N(Cc1cccc(OS(=O)(=O)CC)c1)C(=O)c1ccc([N+](=O)[O-])cc1. The summed E-state index contributed by atoms with van der Waals surface area (Å²) in [5.74, 6) is -0.215. The lowest BCUT2D eigenvalue weighted by molar-refractivity contribution is -0.384. The minimum Gasteiger partial charge on any atom is -0.382 e. The van der Waals surface area contributed by atoms with Gasteiger partial charge in [0.2, 0.25) is 0 Å². The molecule has 0 saturated carbocycles. The highest BCUT2D eigenvalue weighted by Crippen LogP contribution is 2.21. The van der Waals surface area contributed by atoms with Gasteiger partial charge in [0.25, 0.3) is 11.6 Å². The summed E-state index contributed by atoms with van der Waals surface area (Å²) in [6.45, 7) is 5.60. The van der Waals surface area contributed by atoms with Crippen LogP contribution in [0.3, 0.4) is 0 Å². The van der Waals surface area contributed by atoms with Crippen LogP contribution in [0.1, 0.15) is 43.1 Å². The third kappa shape index (κ3) is 6.02. The smallest absolute Gasteiger partial charge is 0.308 e. The summed E-state index contributed by atoms with van der Waals surface area (Å²) in [7, 11) is -3.64. The van der Waals surface area contributed by atoms with Crippen molar-refractivity contribution >= 4 is 21.7 Å². The van der Waals surface area contributed by atoms with Gasteiger partial charge in [0.1, 0.15) is 5.75 Å². The van der Waals surface area contributed by atoms with E-state index in [2.05, 4.69) is 0 Å². The van der Waals surface area contributed by atoms with Gasteiger partial charge in [0, 0.05) is 30.3 Å². The van der Waals surface area contributed by atoms with Crippen LogP contribution in [0.4, 0.5) is 5.69 Å². The fourth-order valence-corrected chi connectivity index (χ4v) is 3.15. The molecule has 0 bridgehead atoms. The summed E-state index contributed by atoms with van der Waals surface area (Å²) in [6, 6.07) is 11.9. The van der Waals surface area contributed by atoms with Crippen LogP contribution in [0.15, 0.2) is 48.5 Å². The molecule has 0 spiro atoms. The van der Waals surface area contributed by atoms with Gasteiger partial charge >= 0.3 is 10.1 Å².